The van der Waals surface area contributed by atoms with E-state index < -0.39 is 10.8 Å². The molecule has 0 fully saturated rings. The quantitative estimate of drug-likeness (QED) is 0.868. The Balaban J connectivity index is 2.39. The number of hydrogen-bond acceptors (Lipinski definition) is 2. The lowest BCUT2D eigenvalue weighted by molar-refractivity contribution is 0.238. The highest BCUT2D eigenvalue weighted by Gasteiger charge is 2.08. The van der Waals surface area contributed by atoms with Gasteiger partial charge < -0.3 is 10.6 Å². The molecule has 2 amide bonds. The Kier molecular flexibility index (Phi) is 6.35. The maximum Gasteiger partial charge on any atom is 0.315 e. The number of rotatable bonds is 5. The van der Waals surface area contributed by atoms with E-state index in [-0.39, 0.29) is 12.1 Å². The van der Waals surface area contributed by atoms with Gasteiger partial charge in [-0.15, -0.1) is 0 Å². The van der Waals surface area contributed by atoms with Gasteiger partial charge in [-0.25, -0.2) is 4.79 Å². The van der Waals surface area contributed by atoms with E-state index in [1.54, 1.807) is 6.26 Å². The van der Waals surface area contributed by atoms with Gasteiger partial charge in [0.25, 0.3) is 0 Å². The average Bonchev–Trinajstić information content (AvgIpc) is 2.29. The lowest BCUT2D eigenvalue weighted by atomic mass is 10.1. The summed E-state index contributed by atoms with van der Waals surface area (Å²) in [4.78, 5) is 11.5. The summed E-state index contributed by atoms with van der Waals surface area (Å²) in [5.74, 6) is 0.472. The molecule has 0 unspecified atom stereocenters. The van der Waals surface area contributed by atoms with Crippen LogP contribution in [0.25, 0.3) is 0 Å². The molecule has 0 aromatic heterocycles. The van der Waals surface area contributed by atoms with E-state index in [1.165, 1.54) is 0 Å². The molecule has 0 radical (unpaired) electrons. The first-order valence-electron chi connectivity index (χ1n) is 5.59. The average molecular weight is 333 g/mol. The molecule has 100 valence electrons. The van der Waals surface area contributed by atoms with Crippen LogP contribution in [0.3, 0.4) is 0 Å². The molecule has 0 spiro atoms. The van der Waals surface area contributed by atoms with Crippen LogP contribution in [0.5, 0.6) is 0 Å². The number of carbonyl (C=O) groups excluding carboxylic acids is 1. The first-order chi connectivity index (χ1) is 8.49. The van der Waals surface area contributed by atoms with Crippen molar-refractivity contribution in [2.75, 3.05) is 18.6 Å². The highest BCUT2D eigenvalue weighted by Crippen LogP contribution is 2.16. The van der Waals surface area contributed by atoms with Crippen LogP contribution >= 0.6 is 15.9 Å². The summed E-state index contributed by atoms with van der Waals surface area (Å²) in [5.41, 5.74) is 1.03. The van der Waals surface area contributed by atoms with Crippen molar-refractivity contribution in [3.8, 4) is 0 Å². The zero-order valence-electron chi connectivity index (χ0n) is 10.4. The molecule has 0 bridgehead atoms. The van der Waals surface area contributed by atoms with Gasteiger partial charge in [-0.1, -0.05) is 28.1 Å². The van der Waals surface area contributed by atoms with Crippen molar-refractivity contribution in [1.82, 2.24) is 10.6 Å². The molecule has 0 saturated carbocycles. The SMILES string of the molecule is C[C@@H](NC(=O)NCC[S@@](C)=O)c1ccc(Br)cc1. The summed E-state index contributed by atoms with van der Waals surface area (Å²) in [6, 6.07) is 7.48. The zero-order chi connectivity index (χ0) is 13.5. The second-order valence-electron chi connectivity index (χ2n) is 3.95. The smallest absolute Gasteiger partial charge is 0.315 e. The number of urea groups is 1. The highest BCUT2D eigenvalue weighted by molar-refractivity contribution is 9.10. The lowest BCUT2D eigenvalue weighted by Gasteiger charge is -2.15. The molecule has 0 heterocycles. The molecule has 1 aromatic rings. The van der Waals surface area contributed by atoms with Crippen LogP contribution in [0.2, 0.25) is 0 Å². The fourth-order valence-corrected chi connectivity index (χ4v) is 2.04. The van der Waals surface area contributed by atoms with Gasteiger partial charge >= 0.3 is 6.03 Å². The summed E-state index contributed by atoms with van der Waals surface area (Å²) in [5, 5.41) is 5.50. The van der Waals surface area contributed by atoms with E-state index in [9.17, 15) is 9.00 Å². The maximum absolute atomic E-state index is 11.5. The Bertz CT molecular complexity index is 423. The van der Waals surface area contributed by atoms with Crippen molar-refractivity contribution in [2.24, 2.45) is 0 Å². The monoisotopic (exact) mass is 332 g/mol. The highest BCUT2D eigenvalue weighted by atomic mass is 79.9. The minimum absolute atomic E-state index is 0.0646. The standard InChI is InChI=1S/C12H17BrN2O2S/c1-9(10-3-5-11(13)6-4-10)15-12(16)14-7-8-18(2)17/h3-6,9H,7-8H2,1-2H3,(H2,14,15,16)/t9-,18-/m1/s1. The van der Waals surface area contributed by atoms with E-state index in [0.717, 1.165) is 10.0 Å². The first-order valence-corrected chi connectivity index (χ1v) is 8.11. The fraction of sp³-hybridized carbons (Fsp3) is 0.417. The molecule has 0 saturated heterocycles. The fourth-order valence-electron chi connectivity index (χ4n) is 1.39. The number of nitrogens with one attached hydrogen (secondary N) is 2. The largest absolute Gasteiger partial charge is 0.337 e. The molecule has 0 aliphatic carbocycles. The lowest BCUT2D eigenvalue weighted by Crippen LogP contribution is -2.38. The van der Waals surface area contributed by atoms with Crippen LogP contribution in [0.1, 0.15) is 18.5 Å². The van der Waals surface area contributed by atoms with Gasteiger partial charge in [0, 0.05) is 33.8 Å². The predicted octanol–water partition coefficient (Wildman–Crippen LogP) is 2.19. The van der Waals surface area contributed by atoms with Crippen LogP contribution in [0.15, 0.2) is 28.7 Å². The molecule has 6 heteroatoms. The van der Waals surface area contributed by atoms with Gasteiger partial charge in [0.05, 0.1) is 6.04 Å². The molecule has 18 heavy (non-hydrogen) atoms. The van der Waals surface area contributed by atoms with Gasteiger partial charge in [0.1, 0.15) is 0 Å². The third-order valence-electron chi connectivity index (χ3n) is 2.39. The van der Waals surface area contributed by atoms with Crippen LogP contribution in [-0.2, 0) is 10.8 Å². The number of amides is 2. The molecule has 1 rings (SSSR count). The second kappa shape index (κ2) is 7.53. The van der Waals surface area contributed by atoms with Crippen LogP contribution < -0.4 is 10.6 Å². The van der Waals surface area contributed by atoms with Gasteiger partial charge in [0.15, 0.2) is 0 Å². The Morgan fingerprint density at radius 2 is 2.00 bits per heavy atom. The second-order valence-corrected chi connectivity index (χ2v) is 6.42. The molecule has 2 atom stereocenters. The van der Waals surface area contributed by atoms with Gasteiger partial charge in [-0.2, -0.15) is 0 Å². The number of halogens is 1. The van der Waals surface area contributed by atoms with Crippen molar-refractivity contribution in [3.05, 3.63) is 34.3 Å². The van der Waals surface area contributed by atoms with Crippen molar-refractivity contribution < 1.29 is 9.00 Å². The first kappa shape index (κ1) is 15.2. The Morgan fingerprint density at radius 1 is 1.39 bits per heavy atom. The van der Waals surface area contributed by atoms with Crippen LogP contribution in [0.4, 0.5) is 4.79 Å². The summed E-state index contributed by atoms with van der Waals surface area (Å²) in [6.45, 7) is 2.34. The van der Waals surface area contributed by atoms with E-state index in [2.05, 4.69) is 26.6 Å². The molecular formula is C12H17BrN2O2S. The van der Waals surface area contributed by atoms with Gasteiger partial charge in [0.2, 0.25) is 0 Å². The Morgan fingerprint density at radius 3 is 2.56 bits per heavy atom. The van der Waals surface area contributed by atoms with Crippen molar-refractivity contribution in [2.45, 2.75) is 13.0 Å². The zero-order valence-corrected chi connectivity index (χ0v) is 12.8. The Hall–Kier alpha value is -0.880. The van der Waals surface area contributed by atoms with Crippen molar-refractivity contribution in [3.63, 3.8) is 0 Å². The normalized spacial score (nSPS) is 13.7. The van der Waals surface area contributed by atoms with Crippen LogP contribution in [-0.4, -0.2) is 28.8 Å². The minimum Gasteiger partial charge on any atom is -0.337 e. The topological polar surface area (TPSA) is 58.2 Å². The number of carbonyl (C=O) groups is 1. The van der Waals surface area contributed by atoms with E-state index >= 15 is 0 Å². The molecule has 1 aromatic carbocycles. The van der Waals surface area contributed by atoms with E-state index in [4.69, 9.17) is 0 Å². The molecule has 0 aliphatic rings. The molecular weight excluding hydrogens is 316 g/mol. The predicted molar refractivity (Wildman–Crippen MR) is 78.0 cm³/mol. The third kappa shape index (κ3) is 5.64. The number of hydrogen-bond donors (Lipinski definition) is 2. The van der Waals surface area contributed by atoms with Crippen molar-refractivity contribution >= 4 is 32.8 Å². The molecule has 4 nitrogen and oxygen atoms in total. The summed E-state index contributed by atoms with van der Waals surface area (Å²) in [7, 11) is -0.881. The summed E-state index contributed by atoms with van der Waals surface area (Å²) in [6.07, 6.45) is 1.62. The van der Waals surface area contributed by atoms with Gasteiger partial charge in [-0.05, 0) is 24.6 Å². The molecule has 2 N–H and O–H groups in total. The third-order valence-corrected chi connectivity index (χ3v) is 3.70. The van der Waals surface area contributed by atoms with Crippen molar-refractivity contribution in [1.29, 1.82) is 0 Å². The maximum atomic E-state index is 11.5. The molecule has 0 aliphatic heterocycles. The Labute approximate surface area is 118 Å². The summed E-state index contributed by atoms with van der Waals surface area (Å²) < 4.78 is 11.8. The van der Waals surface area contributed by atoms with E-state index in [1.807, 2.05) is 31.2 Å². The van der Waals surface area contributed by atoms with E-state index in [0.29, 0.717) is 12.3 Å². The number of benzene rings is 1. The van der Waals surface area contributed by atoms with Gasteiger partial charge in [-0.3, -0.25) is 4.21 Å². The minimum atomic E-state index is -0.881. The summed E-state index contributed by atoms with van der Waals surface area (Å²) >= 11 is 3.36. The van der Waals surface area contributed by atoms with Crippen LogP contribution in [0, 0.1) is 0 Å².